The minimum atomic E-state index is -1.32. The number of hydrogen-bond acceptors (Lipinski definition) is 3. The van der Waals surface area contributed by atoms with Gasteiger partial charge in [-0.3, -0.25) is 4.79 Å². The summed E-state index contributed by atoms with van der Waals surface area (Å²) in [6.45, 7) is 3.75. The number of para-hydroxylation sites is 1. The maximum atomic E-state index is 14.2. The number of aryl methyl sites for hydroxylation is 1. The molecule has 3 aromatic rings. The average Bonchev–Trinajstić information content (AvgIpc) is 2.77. The lowest BCUT2D eigenvalue weighted by Crippen LogP contribution is -2.36. The number of halogens is 1. The summed E-state index contributed by atoms with van der Waals surface area (Å²) >= 11 is 0. The molecule has 0 aromatic heterocycles. The Labute approximate surface area is 180 Å². The van der Waals surface area contributed by atoms with Gasteiger partial charge in [0.25, 0.3) is 5.91 Å². The molecule has 160 valence electrons. The van der Waals surface area contributed by atoms with Gasteiger partial charge in [0, 0.05) is 6.54 Å². The van der Waals surface area contributed by atoms with E-state index in [9.17, 15) is 19.1 Å². The zero-order valence-electron chi connectivity index (χ0n) is 17.4. The summed E-state index contributed by atoms with van der Waals surface area (Å²) in [6.07, 6.45) is 0. The van der Waals surface area contributed by atoms with E-state index in [1.54, 1.807) is 4.90 Å². The fraction of sp³-hybridized carbons (Fsp3) is 0.200. The van der Waals surface area contributed by atoms with Gasteiger partial charge >= 0.3 is 5.97 Å². The largest absolute Gasteiger partial charge is 0.480 e. The number of benzene rings is 3. The summed E-state index contributed by atoms with van der Waals surface area (Å²) in [5, 5.41) is 9.28. The highest BCUT2D eigenvalue weighted by molar-refractivity contribution is 5.91. The van der Waals surface area contributed by atoms with Crippen LogP contribution < -0.4 is 4.74 Å². The van der Waals surface area contributed by atoms with Crippen LogP contribution in [0.25, 0.3) is 0 Å². The van der Waals surface area contributed by atoms with Gasteiger partial charge in [-0.2, -0.15) is 0 Å². The summed E-state index contributed by atoms with van der Waals surface area (Å²) in [7, 11) is 0. The van der Waals surface area contributed by atoms with Crippen molar-refractivity contribution in [3.8, 4) is 5.75 Å². The highest BCUT2D eigenvalue weighted by Crippen LogP contribution is 2.25. The molecule has 0 saturated carbocycles. The number of aromatic carboxylic acids is 1. The van der Waals surface area contributed by atoms with Gasteiger partial charge in [-0.1, -0.05) is 66.2 Å². The molecule has 6 heteroatoms. The maximum absolute atomic E-state index is 14.2. The van der Waals surface area contributed by atoms with E-state index in [4.69, 9.17) is 4.74 Å². The Morgan fingerprint density at radius 3 is 2.32 bits per heavy atom. The molecule has 0 aliphatic carbocycles. The molecule has 0 heterocycles. The topological polar surface area (TPSA) is 66.8 Å². The average molecular weight is 421 g/mol. The molecule has 3 rings (SSSR count). The van der Waals surface area contributed by atoms with E-state index in [0.717, 1.165) is 22.8 Å². The molecule has 1 N–H and O–H groups in total. The van der Waals surface area contributed by atoms with E-state index in [2.05, 4.69) is 0 Å². The number of rotatable bonds is 8. The molecule has 0 aliphatic heterocycles. The van der Waals surface area contributed by atoms with Gasteiger partial charge in [-0.05, 0) is 37.1 Å². The molecule has 1 amide bonds. The van der Waals surface area contributed by atoms with Crippen molar-refractivity contribution in [1.29, 1.82) is 0 Å². The quantitative estimate of drug-likeness (QED) is 0.556. The molecule has 0 aliphatic rings. The number of ether oxygens (including phenoxy) is 1. The number of carbonyl (C=O) groups is 2. The standard InChI is InChI=1S/C25H24FNO4/c1-17-11-13-19(14-12-17)15-27(18(2)20-7-4-3-5-8-20)23(28)16-31-24-21(25(29)30)9-6-10-22(24)26/h3-14,18H,15-16H2,1-2H3,(H,29,30)/t18-/m0/s1. The minimum Gasteiger partial charge on any atom is -0.480 e. The Balaban J connectivity index is 1.84. The van der Waals surface area contributed by atoms with Crippen molar-refractivity contribution in [3.63, 3.8) is 0 Å². The van der Waals surface area contributed by atoms with Crippen molar-refractivity contribution in [2.24, 2.45) is 0 Å². The lowest BCUT2D eigenvalue weighted by atomic mass is 10.1. The summed E-state index contributed by atoms with van der Waals surface area (Å²) in [6, 6.07) is 20.8. The Hall–Kier alpha value is -3.67. The molecular weight excluding hydrogens is 397 g/mol. The molecule has 0 unspecified atom stereocenters. The summed E-state index contributed by atoms with van der Waals surface area (Å²) in [5.74, 6) is -2.97. The van der Waals surface area contributed by atoms with E-state index >= 15 is 0 Å². The number of hydrogen-bond donors (Lipinski definition) is 1. The van der Waals surface area contributed by atoms with Crippen LogP contribution in [0.2, 0.25) is 0 Å². The van der Waals surface area contributed by atoms with E-state index in [1.165, 1.54) is 12.1 Å². The van der Waals surface area contributed by atoms with Crippen LogP contribution in [0.3, 0.4) is 0 Å². The van der Waals surface area contributed by atoms with Crippen molar-refractivity contribution in [3.05, 3.63) is 101 Å². The maximum Gasteiger partial charge on any atom is 0.339 e. The van der Waals surface area contributed by atoms with Gasteiger partial charge in [-0.25, -0.2) is 9.18 Å². The van der Waals surface area contributed by atoms with Crippen LogP contribution in [0.1, 0.15) is 40.0 Å². The van der Waals surface area contributed by atoms with Crippen LogP contribution in [0.5, 0.6) is 5.75 Å². The van der Waals surface area contributed by atoms with Gasteiger partial charge in [-0.15, -0.1) is 0 Å². The molecule has 0 bridgehead atoms. The van der Waals surface area contributed by atoms with Crippen LogP contribution in [-0.4, -0.2) is 28.5 Å². The second-order valence-electron chi connectivity index (χ2n) is 7.30. The summed E-state index contributed by atoms with van der Waals surface area (Å²) < 4.78 is 19.5. The lowest BCUT2D eigenvalue weighted by molar-refractivity contribution is -0.136. The molecular formula is C25H24FNO4. The van der Waals surface area contributed by atoms with Crippen molar-refractivity contribution in [2.75, 3.05) is 6.61 Å². The normalized spacial score (nSPS) is 11.6. The Bertz CT molecular complexity index is 1050. The predicted octanol–water partition coefficient (Wildman–Crippen LogP) is 5.00. The zero-order valence-corrected chi connectivity index (χ0v) is 17.4. The minimum absolute atomic E-state index is 0.266. The molecule has 1 atom stereocenters. The second-order valence-corrected chi connectivity index (χ2v) is 7.30. The second kappa shape index (κ2) is 9.89. The van der Waals surface area contributed by atoms with Gasteiger partial charge in [0.05, 0.1) is 6.04 Å². The SMILES string of the molecule is Cc1ccc(CN(C(=O)COc2c(F)cccc2C(=O)O)[C@@H](C)c2ccccc2)cc1. The Morgan fingerprint density at radius 2 is 1.68 bits per heavy atom. The highest BCUT2D eigenvalue weighted by Gasteiger charge is 2.24. The Morgan fingerprint density at radius 1 is 1.00 bits per heavy atom. The van der Waals surface area contributed by atoms with Gasteiger partial charge < -0.3 is 14.7 Å². The molecule has 3 aromatic carbocycles. The number of nitrogens with zero attached hydrogens (tertiary/aromatic N) is 1. The van der Waals surface area contributed by atoms with Crippen molar-refractivity contribution < 1.29 is 23.8 Å². The smallest absolute Gasteiger partial charge is 0.339 e. The van der Waals surface area contributed by atoms with Crippen LogP contribution >= 0.6 is 0 Å². The van der Waals surface area contributed by atoms with Crippen molar-refractivity contribution in [1.82, 2.24) is 4.90 Å². The van der Waals surface area contributed by atoms with Gasteiger partial charge in [0.1, 0.15) is 5.56 Å². The molecule has 0 saturated heterocycles. The van der Waals surface area contributed by atoms with Crippen LogP contribution in [-0.2, 0) is 11.3 Å². The fourth-order valence-electron chi connectivity index (χ4n) is 3.28. The Kier molecular flexibility index (Phi) is 7.03. The lowest BCUT2D eigenvalue weighted by Gasteiger charge is -2.30. The zero-order chi connectivity index (χ0) is 22.4. The number of amides is 1. The van der Waals surface area contributed by atoms with Crippen LogP contribution in [0.4, 0.5) is 4.39 Å². The number of carbonyl (C=O) groups excluding carboxylic acids is 1. The molecule has 0 spiro atoms. The van der Waals surface area contributed by atoms with Crippen LogP contribution in [0.15, 0.2) is 72.8 Å². The summed E-state index contributed by atoms with van der Waals surface area (Å²) in [4.78, 5) is 26.1. The van der Waals surface area contributed by atoms with Gasteiger partial charge in [0.2, 0.25) is 0 Å². The third-order valence-corrected chi connectivity index (χ3v) is 5.08. The molecule has 0 radical (unpaired) electrons. The molecule has 31 heavy (non-hydrogen) atoms. The van der Waals surface area contributed by atoms with E-state index in [0.29, 0.717) is 6.54 Å². The third kappa shape index (κ3) is 5.48. The first kappa shape index (κ1) is 22.0. The first-order valence-corrected chi connectivity index (χ1v) is 9.91. The number of carboxylic acids is 1. The highest BCUT2D eigenvalue weighted by atomic mass is 19.1. The first-order chi connectivity index (χ1) is 14.9. The van der Waals surface area contributed by atoms with Crippen molar-refractivity contribution in [2.45, 2.75) is 26.4 Å². The molecule has 0 fully saturated rings. The first-order valence-electron chi connectivity index (χ1n) is 9.91. The summed E-state index contributed by atoms with van der Waals surface area (Å²) in [5.41, 5.74) is 2.68. The predicted molar refractivity (Wildman–Crippen MR) is 115 cm³/mol. The van der Waals surface area contributed by atoms with E-state index < -0.39 is 24.1 Å². The van der Waals surface area contributed by atoms with E-state index in [1.807, 2.05) is 68.4 Å². The molecule has 5 nitrogen and oxygen atoms in total. The fourth-order valence-corrected chi connectivity index (χ4v) is 3.28. The van der Waals surface area contributed by atoms with E-state index in [-0.39, 0.29) is 17.5 Å². The van der Waals surface area contributed by atoms with Crippen molar-refractivity contribution >= 4 is 11.9 Å². The monoisotopic (exact) mass is 421 g/mol. The van der Waals surface area contributed by atoms with Crippen LogP contribution in [0, 0.1) is 12.7 Å². The number of carboxylic acid groups (broad SMARTS) is 1. The third-order valence-electron chi connectivity index (χ3n) is 5.08. The van der Waals surface area contributed by atoms with Gasteiger partial charge in [0.15, 0.2) is 18.2 Å².